The zero-order valence-corrected chi connectivity index (χ0v) is 14.7. The molecule has 1 atom stereocenters. The minimum atomic E-state index is -1.06. The Bertz CT molecular complexity index is 716. The number of aliphatic carboxylic acids is 1. The van der Waals surface area contributed by atoms with Gasteiger partial charge in [-0.1, -0.05) is 41.4 Å². The van der Waals surface area contributed by atoms with E-state index in [-0.39, 0.29) is 34.4 Å². The standard InChI is InChI=1S/C16H14Cl2N2O3.ClH/c17-11-2-1-3-12(18)14(11)15(21)20-10-6-4-9(5-7-10)8-13(19)16(22)23;/h1-7,13H,8,19H2,(H,20,21)(H,22,23);1H. The second-order valence-corrected chi connectivity index (χ2v) is 5.71. The fraction of sp³-hybridized carbons (Fsp3) is 0.125. The van der Waals surface area contributed by atoms with Gasteiger partial charge >= 0.3 is 5.97 Å². The normalized spacial score (nSPS) is 11.3. The number of nitrogens with one attached hydrogen (secondary N) is 1. The van der Waals surface area contributed by atoms with Crippen LogP contribution in [0.3, 0.4) is 0 Å². The predicted octanol–water partition coefficient (Wildman–Crippen LogP) is 3.62. The van der Waals surface area contributed by atoms with E-state index in [1.165, 1.54) is 0 Å². The van der Waals surface area contributed by atoms with E-state index in [1.54, 1.807) is 42.5 Å². The molecule has 0 aromatic heterocycles. The summed E-state index contributed by atoms with van der Waals surface area (Å²) < 4.78 is 0. The van der Waals surface area contributed by atoms with Gasteiger partial charge in [0, 0.05) is 5.69 Å². The Hall–Kier alpha value is -1.79. The number of rotatable bonds is 5. The molecule has 0 aliphatic carbocycles. The number of carbonyl (C=O) groups is 2. The summed E-state index contributed by atoms with van der Waals surface area (Å²) in [5, 5.41) is 12.0. The zero-order chi connectivity index (χ0) is 17.0. The number of anilines is 1. The van der Waals surface area contributed by atoms with Gasteiger partial charge in [0.1, 0.15) is 6.04 Å². The van der Waals surface area contributed by atoms with Crippen molar-refractivity contribution in [3.63, 3.8) is 0 Å². The maximum Gasteiger partial charge on any atom is 0.320 e. The van der Waals surface area contributed by atoms with Gasteiger partial charge < -0.3 is 16.2 Å². The molecule has 5 nitrogen and oxygen atoms in total. The topological polar surface area (TPSA) is 92.4 Å². The molecule has 1 amide bonds. The SMILES string of the molecule is Cl.NC(Cc1ccc(NC(=O)c2c(Cl)cccc2Cl)cc1)C(=O)O. The van der Waals surface area contributed by atoms with Crippen LogP contribution in [-0.2, 0) is 11.2 Å². The number of carbonyl (C=O) groups excluding carboxylic acids is 1. The Morgan fingerprint density at radius 3 is 2.12 bits per heavy atom. The third-order valence-electron chi connectivity index (χ3n) is 3.17. The molecule has 0 saturated heterocycles. The van der Waals surface area contributed by atoms with Crippen LogP contribution >= 0.6 is 35.6 Å². The van der Waals surface area contributed by atoms with Gasteiger partial charge in [0.25, 0.3) is 5.91 Å². The number of hydrogen-bond acceptors (Lipinski definition) is 3. The van der Waals surface area contributed by atoms with Crippen molar-refractivity contribution in [3.8, 4) is 0 Å². The third kappa shape index (κ3) is 5.11. The lowest BCUT2D eigenvalue weighted by Gasteiger charge is -2.10. The molecule has 2 aromatic rings. The molecule has 2 aromatic carbocycles. The number of nitrogens with two attached hydrogens (primary N) is 1. The molecule has 0 fully saturated rings. The quantitative estimate of drug-likeness (QED) is 0.728. The van der Waals surface area contributed by atoms with Crippen LogP contribution in [0.4, 0.5) is 5.69 Å². The average Bonchev–Trinajstić information content (AvgIpc) is 2.49. The summed E-state index contributed by atoms with van der Waals surface area (Å²) in [5.74, 6) is -1.48. The molecular formula is C16H15Cl3N2O3. The summed E-state index contributed by atoms with van der Waals surface area (Å²) in [6.07, 6.45) is 0.208. The van der Waals surface area contributed by atoms with Gasteiger partial charge in [-0.2, -0.15) is 0 Å². The van der Waals surface area contributed by atoms with Crippen molar-refractivity contribution in [2.24, 2.45) is 5.73 Å². The summed E-state index contributed by atoms with van der Waals surface area (Å²) in [5.41, 5.74) is 6.98. The minimum absolute atomic E-state index is 0. The van der Waals surface area contributed by atoms with Crippen LogP contribution in [0.5, 0.6) is 0 Å². The van der Waals surface area contributed by atoms with E-state index < -0.39 is 17.9 Å². The molecule has 0 bridgehead atoms. The largest absolute Gasteiger partial charge is 0.480 e. The summed E-state index contributed by atoms with van der Waals surface area (Å²) >= 11 is 12.0. The molecule has 0 radical (unpaired) electrons. The van der Waals surface area contributed by atoms with Gasteiger partial charge in [0.05, 0.1) is 15.6 Å². The minimum Gasteiger partial charge on any atom is -0.480 e. The molecule has 0 aliphatic rings. The van der Waals surface area contributed by atoms with E-state index in [2.05, 4.69) is 5.32 Å². The molecule has 0 spiro atoms. The van der Waals surface area contributed by atoms with Crippen LogP contribution < -0.4 is 11.1 Å². The summed E-state index contributed by atoms with van der Waals surface area (Å²) in [4.78, 5) is 23.0. The Morgan fingerprint density at radius 1 is 1.08 bits per heavy atom. The molecule has 8 heteroatoms. The smallest absolute Gasteiger partial charge is 0.320 e. The molecule has 24 heavy (non-hydrogen) atoms. The number of halogens is 3. The highest BCUT2D eigenvalue weighted by Crippen LogP contribution is 2.25. The Labute approximate surface area is 155 Å². The lowest BCUT2D eigenvalue weighted by molar-refractivity contribution is -0.138. The van der Waals surface area contributed by atoms with Crippen molar-refractivity contribution in [2.75, 3.05) is 5.32 Å². The lowest BCUT2D eigenvalue weighted by Crippen LogP contribution is -2.32. The van der Waals surface area contributed by atoms with Crippen molar-refractivity contribution in [3.05, 3.63) is 63.6 Å². The molecule has 128 valence electrons. The van der Waals surface area contributed by atoms with Crippen molar-refractivity contribution < 1.29 is 14.7 Å². The average molecular weight is 390 g/mol. The third-order valence-corrected chi connectivity index (χ3v) is 3.80. The zero-order valence-electron chi connectivity index (χ0n) is 12.3. The predicted molar refractivity (Wildman–Crippen MR) is 97.4 cm³/mol. The molecule has 0 aliphatic heterocycles. The Morgan fingerprint density at radius 2 is 1.62 bits per heavy atom. The molecule has 0 heterocycles. The van der Waals surface area contributed by atoms with Crippen LogP contribution in [0, 0.1) is 0 Å². The van der Waals surface area contributed by atoms with Crippen LogP contribution in [0.2, 0.25) is 10.0 Å². The molecule has 0 saturated carbocycles. The van der Waals surface area contributed by atoms with E-state index in [1.807, 2.05) is 0 Å². The highest BCUT2D eigenvalue weighted by molar-refractivity contribution is 6.40. The highest BCUT2D eigenvalue weighted by Gasteiger charge is 2.15. The van der Waals surface area contributed by atoms with Gasteiger partial charge in [-0.3, -0.25) is 9.59 Å². The first-order valence-corrected chi connectivity index (χ1v) is 7.46. The van der Waals surface area contributed by atoms with E-state index in [0.717, 1.165) is 5.56 Å². The summed E-state index contributed by atoms with van der Waals surface area (Å²) in [6, 6.07) is 10.6. The lowest BCUT2D eigenvalue weighted by atomic mass is 10.1. The van der Waals surface area contributed by atoms with E-state index in [0.29, 0.717) is 5.69 Å². The highest BCUT2D eigenvalue weighted by atomic mass is 35.5. The fourth-order valence-electron chi connectivity index (χ4n) is 1.97. The van der Waals surface area contributed by atoms with Gasteiger partial charge in [0.2, 0.25) is 0 Å². The summed E-state index contributed by atoms with van der Waals surface area (Å²) in [6.45, 7) is 0. The Balaban J connectivity index is 0.00000288. The van der Waals surface area contributed by atoms with Crippen LogP contribution in [0.15, 0.2) is 42.5 Å². The monoisotopic (exact) mass is 388 g/mol. The maximum absolute atomic E-state index is 12.2. The van der Waals surface area contributed by atoms with E-state index >= 15 is 0 Å². The Kier molecular flexibility index (Phi) is 7.51. The fourth-order valence-corrected chi connectivity index (χ4v) is 2.54. The van der Waals surface area contributed by atoms with E-state index in [4.69, 9.17) is 34.0 Å². The van der Waals surface area contributed by atoms with Crippen LogP contribution in [0.1, 0.15) is 15.9 Å². The van der Waals surface area contributed by atoms with Gasteiger partial charge in [-0.25, -0.2) is 0 Å². The van der Waals surface area contributed by atoms with Crippen molar-refractivity contribution in [2.45, 2.75) is 12.5 Å². The van der Waals surface area contributed by atoms with Crippen molar-refractivity contribution >= 4 is 53.2 Å². The van der Waals surface area contributed by atoms with Crippen LogP contribution in [0.25, 0.3) is 0 Å². The van der Waals surface area contributed by atoms with Crippen molar-refractivity contribution in [1.29, 1.82) is 0 Å². The molecular weight excluding hydrogens is 375 g/mol. The molecule has 1 unspecified atom stereocenters. The van der Waals surface area contributed by atoms with Crippen LogP contribution in [-0.4, -0.2) is 23.0 Å². The maximum atomic E-state index is 12.2. The number of carboxylic acid groups (broad SMARTS) is 1. The van der Waals surface area contributed by atoms with Crippen molar-refractivity contribution in [1.82, 2.24) is 0 Å². The first-order valence-electron chi connectivity index (χ1n) is 6.71. The molecule has 2 rings (SSSR count). The summed E-state index contributed by atoms with van der Waals surface area (Å²) in [7, 11) is 0. The first-order chi connectivity index (χ1) is 10.9. The number of hydrogen-bond donors (Lipinski definition) is 3. The van der Waals surface area contributed by atoms with Gasteiger partial charge in [-0.05, 0) is 36.2 Å². The second kappa shape index (κ2) is 8.89. The van der Waals surface area contributed by atoms with E-state index in [9.17, 15) is 9.59 Å². The first kappa shape index (κ1) is 20.3. The number of carboxylic acids is 1. The van der Waals surface area contributed by atoms with Gasteiger partial charge in [-0.15, -0.1) is 12.4 Å². The number of amides is 1. The second-order valence-electron chi connectivity index (χ2n) is 4.90. The number of benzene rings is 2. The van der Waals surface area contributed by atoms with Gasteiger partial charge in [0.15, 0.2) is 0 Å². The molecule has 4 N–H and O–H groups in total.